The number of aldehydes is 1. The molecule has 2 rings (SSSR count). The van der Waals surface area contributed by atoms with Crippen LogP contribution >= 0.6 is 0 Å². The maximum absolute atomic E-state index is 10.5. The molecule has 1 aliphatic heterocycles. The molecule has 0 spiro atoms. The first-order chi connectivity index (χ1) is 6.70. The number of carbonyl (C=O) groups is 1. The van der Waals surface area contributed by atoms with E-state index < -0.39 is 0 Å². The van der Waals surface area contributed by atoms with Crippen molar-refractivity contribution in [1.82, 2.24) is 4.98 Å². The molecule has 1 aliphatic rings. The average molecular weight is 192 g/mol. The molecule has 0 aliphatic carbocycles. The molecule has 0 saturated carbocycles. The lowest BCUT2D eigenvalue weighted by atomic mass is 10.1. The number of pyridine rings is 1. The first kappa shape index (κ1) is 9.15. The molecule has 4 nitrogen and oxygen atoms in total. The normalized spacial score (nSPS) is 16.6. The van der Waals surface area contributed by atoms with Crippen molar-refractivity contribution < 1.29 is 9.90 Å². The number of anilines is 1. The second-order valence-electron chi connectivity index (χ2n) is 3.59. The Morgan fingerprint density at radius 2 is 2.36 bits per heavy atom. The second kappa shape index (κ2) is 3.38. The zero-order valence-corrected chi connectivity index (χ0v) is 7.97. The highest BCUT2D eigenvalue weighted by Gasteiger charge is 2.26. The van der Waals surface area contributed by atoms with Gasteiger partial charge in [0.1, 0.15) is 5.82 Å². The monoisotopic (exact) mass is 192 g/mol. The van der Waals surface area contributed by atoms with Crippen LogP contribution in [0.25, 0.3) is 0 Å². The predicted molar refractivity (Wildman–Crippen MR) is 52.6 cm³/mol. The van der Waals surface area contributed by atoms with Gasteiger partial charge in [-0.25, -0.2) is 4.98 Å². The minimum Gasteiger partial charge on any atom is -0.389 e. The first-order valence-corrected chi connectivity index (χ1v) is 4.55. The van der Waals surface area contributed by atoms with Crippen LogP contribution in [-0.2, 0) is 0 Å². The number of nitrogens with zero attached hydrogens (tertiary/aromatic N) is 2. The van der Waals surface area contributed by atoms with E-state index in [2.05, 4.69) is 4.98 Å². The molecular weight excluding hydrogens is 180 g/mol. The molecule has 1 aromatic rings. The molecule has 0 bridgehead atoms. The number of hydrogen-bond donors (Lipinski definition) is 1. The van der Waals surface area contributed by atoms with Gasteiger partial charge < -0.3 is 10.0 Å². The summed E-state index contributed by atoms with van der Waals surface area (Å²) in [7, 11) is 0. The van der Waals surface area contributed by atoms with E-state index in [-0.39, 0.29) is 6.10 Å². The number of aromatic nitrogens is 1. The van der Waals surface area contributed by atoms with Gasteiger partial charge in [0.15, 0.2) is 6.29 Å². The third-order valence-corrected chi connectivity index (χ3v) is 2.37. The van der Waals surface area contributed by atoms with Crippen LogP contribution in [0.1, 0.15) is 15.9 Å². The first-order valence-electron chi connectivity index (χ1n) is 4.55. The van der Waals surface area contributed by atoms with Gasteiger partial charge in [-0.15, -0.1) is 0 Å². The summed E-state index contributed by atoms with van der Waals surface area (Å²) in [5, 5.41) is 9.15. The van der Waals surface area contributed by atoms with Gasteiger partial charge in [0.05, 0.1) is 6.10 Å². The molecule has 0 atom stereocenters. The predicted octanol–water partition coefficient (Wildman–Crippen LogP) is 0.383. The van der Waals surface area contributed by atoms with Crippen LogP contribution in [0.4, 0.5) is 5.82 Å². The van der Waals surface area contributed by atoms with Crippen molar-refractivity contribution in [2.45, 2.75) is 13.0 Å². The van der Waals surface area contributed by atoms with E-state index in [1.54, 1.807) is 12.3 Å². The van der Waals surface area contributed by atoms with E-state index in [4.69, 9.17) is 5.11 Å². The molecule has 0 amide bonds. The Labute approximate surface area is 82.2 Å². The summed E-state index contributed by atoms with van der Waals surface area (Å²) in [6.45, 7) is 3.18. The molecule has 2 heterocycles. The summed E-state index contributed by atoms with van der Waals surface area (Å²) in [5.74, 6) is 0.862. The number of aliphatic hydroxyl groups excluding tert-OH is 1. The number of aliphatic hydroxyl groups is 1. The van der Waals surface area contributed by atoms with Crippen molar-refractivity contribution in [2.24, 2.45) is 0 Å². The van der Waals surface area contributed by atoms with Gasteiger partial charge in [0, 0.05) is 24.8 Å². The Balaban J connectivity index is 2.22. The van der Waals surface area contributed by atoms with Crippen molar-refractivity contribution in [2.75, 3.05) is 18.0 Å². The van der Waals surface area contributed by atoms with E-state index in [0.717, 1.165) is 17.7 Å². The van der Waals surface area contributed by atoms with E-state index in [9.17, 15) is 4.79 Å². The molecular formula is C10H12N2O2. The van der Waals surface area contributed by atoms with Gasteiger partial charge in [-0.05, 0) is 18.6 Å². The largest absolute Gasteiger partial charge is 0.389 e. The molecule has 0 aromatic carbocycles. The SMILES string of the molecule is Cc1cc(C=O)cnc1N1CC(O)C1. The fourth-order valence-electron chi connectivity index (χ4n) is 1.61. The Morgan fingerprint density at radius 3 is 2.86 bits per heavy atom. The summed E-state index contributed by atoms with van der Waals surface area (Å²) in [6, 6.07) is 1.81. The zero-order valence-electron chi connectivity index (χ0n) is 7.97. The standard InChI is InChI=1S/C10H12N2O2/c1-7-2-8(6-13)3-11-10(7)12-4-9(14)5-12/h2-3,6,9,14H,4-5H2,1H3. The molecule has 1 saturated heterocycles. The molecule has 14 heavy (non-hydrogen) atoms. The summed E-state index contributed by atoms with van der Waals surface area (Å²) in [4.78, 5) is 16.7. The summed E-state index contributed by atoms with van der Waals surface area (Å²) in [6.07, 6.45) is 2.11. The van der Waals surface area contributed by atoms with Crippen LogP contribution in [0, 0.1) is 6.92 Å². The lowest BCUT2D eigenvalue weighted by Crippen LogP contribution is -2.51. The van der Waals surface area contributed by atoms with Crippen LogP contribution in [0.2, 0.25) is 0 Å². The highest BCUT2D eigenvalue weighted by Crippen LogP contribution is 2.22. The van der Waals surface area contributed by atoms with Crippen LogP contribution in [-0.4, -0.2) is 35.6 Å². The molecule has 0 radical (unpaired) electrons. The van der Waals surface area contributed by atoms with Crippen LogP contribution < -0.4 is 4.90 Å². The Hall–Kier alpha value is -1.42. The van der Waals surface area contributed by atoms with E-state index >= 15 is 0 Å². The Bertz CT molecular complexity index is 359. The Kier molecular flexibility index (Phi) is 2.21. The van der Waals surface area contributed by atoms with Gasteiger partial charge in [0.2, 0.25) is 0 Å². The van der Waals surface area contributed by atoms with E-state index in [1.165, 1.54) is 0 Å². The van der Waals surface area contributed by atoms with Gasteiger partial charge in [-0.2, -0.15) is 0 Å². The molecule has 1 aromatic heterocycles. The number of β-amino-alcohol motifs (C(OH)–C–C–N with tert-alkyl or cyclic N) is 1. The van der Waals surface area contributed by atoms with Gasteiger partial charge in [-0.3, -0.25) is 4.79 Å². The van der Waals surface area contributed by atoms with Gasteiger partial charge >= 0.3 is 0 Å². The number of carbonyl (C=O) groups excluding carboxylic acids is 1. The smallest absolute Gasteiger partial charge is 0.151 e. The van der Waals surface area contributed by atoms with Crippen molar-refractivity contribution in [1.29, 1.82) is 0 Å². The molecule has 4 heteroatoms. The quantitative estimate of drug-likeness (QED) is 0.688. The van der Waals surface area contributed by atoms with Crippen LogP contribution in [0.5, 0.6) is 0 Å². The average Bonchev–Trinajstić information content (AvgIpc) is 2.13. The van der Waals surface area contributed by atoms with Crippen LogP contribution in [0.3, 0.4) is 0 Å². The number of hydrogen-bond acceptors (Lipinski definition) is 4. The second-order valence-corrected chi connectivity index (χ2v) is 3.59. The third kappa shape index (κ3) is 1.48. The van der Waals surface area contributed by atoms with E-state index in [1.807, 2.05) is 11.8 Å². The van der Waals surface area contributed by atoms with E-state index in [0.29, 0.717) is 18.7 Å². The third-order valence-electron chi connectivity index (χ3n) is 2.37. The fraction of sp³-hybridized carbons (Fsp3) is 0.400. The number of rotatable bonds is 2. The lowest BCUT2D eigenvalue weighted by Gasteiger charge is -2.37. The maximum atomic E-state index is 10.5. The summed E-state index contributed by atoms with van der Waals surface area (Å²) in [5.41, 5.74) is 1.56. The van der Waals surface area contributed by atoms with Crippen molar-refractivity contribution in [3.05, 3.63) is 23.4 Å². The highest BCUT2D eigenvalue weighted by molar-refractivity contribution is 5.75. The molecule has 1 fully saturated rings. The minimum absolute atomic E-state index is 0.234. The molecule has 74 valence electrons. The zero-order chi connectivity index (χ0) is 10.1. The fourth-order valence-corrected chi connectivity index (χ4v) is 1.61. The maximum Gasteiger partial charge on any atom is 0.151 e. The van der Waals surface area contributed by atoms with Gasteiger partial charge in [0.25, 0.3) is 0 Å². The van der Waals surface area contributed by atoms with Gasteiger partial charge in [-0.1, -0.05) is 0 Å². The Morgan fingerprint density at radius 1 is 1.64 bits per heavy atom. The highest BCUT2D eigenvalue weighted by atomic mass is 16.3. The molecule has 1 N–H and O–H groups in total. The number of aryl methyl sites for hydroxylation is 1. The minimum atomic E-state index is -0.234. The van der Waals surface area contributed by atoms with Crippen LogP contribution in [0.15, 0.2) is 12.3 Å². The lowest BCUT2D eigenvalue weighted by molar-refractivity contribution is 0.112. The van der Waals surface area contributed by atoms with Crippen molar-refractivity contribution in [3.8, 4) is 0 Å². The topological polar surface area (TPSA) is 53.4 Å². The van der Waals surface area contributed by atoms with Crippen molar-refractivity contribution >= 4 is 12.1 Å². The molecule has 0 unspecified atom stereocenters. The summed E-state index contributed by atoms with van der Waals surface area (Å²) < 4.78 is 0. The van der Waals surface area contributed by atoms with Crippen molar-refractivity contribution in [3.63, 3.8) is 0 Å². The summed E-state index contributed by atoms with van der Waals surface area (Å²) >= 11 is 0.